The third-order valence-corrected chi connectivity index (χ3v) is 4.59. The Labute approximate surface area is 119 Å². The minimum Gasteiger partial charge on any atom is -0.381 e. The molecule has 0 amide bonds. The molecule has 1 N–H and O–H groups in total. The molecular formula is C16H32N2O. The monoisotopic (exact) mass is 268 g/mol. The number of piperidine rings is 1. The number of rotatable bonds is 5. The molecule has 2 unspecified atom stereocenters. The molecule has 0 bridgehead atoms. The molecule has 2 rings (SSSR count). The van der Waals surface area contributed by atoms with Crippen molar-refractivity contribution in [2.45, 2.75) is 52.5 Å². The summed E-state index contributed by atoms with van der Waals surface area (Å²) in [6.07, 6.45) is 5.32. The molecule has 3 nitrogen and oxygen atoms in total. The molecule has 0 saturated carbocycles. The smallest absolute Gasteiger partial charge is 0.0546 e. The average molecular weight is 268 g/mol. The van der Waals surface area contributed by atoms with Crippen molar-refractivity contribution in [1.29, 1.82) is 0 Å². The van der Waals surface area contributed by atoms with Crippen LogP contribution in [0.3, 0.4) is 0 Å². The van der Waals surface area contributed by atoms with Gasteiger partial charge in [-0.15, -0.1) is 0 Å². The van der Waals surface area contributed by atoms with Gasteiger partial charge < -0.3 is 15.0 Å². The molecule has 0 aromatic carbocycles. The van der Waals surface area contributed by atoms with E-state index in [2.05, 4.69) is 31.0 Å². The van der Waals surface area contributed by atoms with Crippen molar-refractivity contribution in [3.8, 4) is 0 Å². The van der Waals surface area contributed by atoms with Gasteiger partial charge in [-0.1, -0.05) is 20.8 Å². The predicted molar refractivity (Wildman–Crippen MR) is 80.5 cm³/mol. The lowest BCUT2D eigenvalue weighted by molar-refractivity contribution is -0.0322. The van der Waals surface area contributed by atoms with Crippen molar-refractivity contribution in [3.63, 3.8) is 0 Å². The third-order valence-electron chi connectivity index (χ3n) is 4.59. The molecule has 0 radical (unpaired) electrons. The second-order valence-electron chi connectivity index (χ2n) is 7.17. The van der Waals surface area contributed by atoms with Crippen molar-refractivity contribution >= 4 is 0 Å². The highest BCUT2D eigenvalue weighted by atomic mass is 16.5. The normalized spacial score (nSPS) is 33.8. The summed E-state index contributed by atoms with van der Waals surface area (Å²) in [4.78, 5) is 2.69. The summed E-state index contributed by atoms with van der Waals surface area (Å²) in [6.45, 7) is 13.7. The molecular weight excluding hydrogens is 236 g/mol. The van der Waals surface area contributed by atoms with Crippen LogP contribution in [0.2, 0.25) is 0 Å². The van der Waals surface area contributed by atoms with E-state index >= 15 is 0 Å². The molecule has 2 aliphatic heterocycles. The molecule has 0 spiro atoms. The lowest BCUT2D eigenvalue weighted by Crippen LogP contribution is -2.51. The SMILES string of the molecule is CC1CCCN(CC2(CNC(C)C)CCCOC2)C1. The zero-order valence-electron chi connectivity index (χ0n) is 13.1. The Morgan fingerprint density at radius 2 is 2.21 bits per heavy atom. The van der Waals surface area contributed by atoms with E-state index in [0.717, 1.165) is 25.7 Å². The van der Waals surface area contributed by atoms with Crippen molar-refractivity contribution in [3.05, 3.63) is 0 Å². The number of hydrogen-bond acceptors (Lipinski definition) is 3. The summed E-state index contributed by atoms with van der Waals surface area (Å²) in [5.74, 6) is 0.869. The largest absolute Gasteiger partial charge is 0.381 e. The summed E-state index contributed by atoms with van der Waals surface area (Å²) < 4.78 is 5.82. The highest BCUT2D eigenvalue weighted by Gasteiger charge is 2.35. The number of ether oxygens (including phenoxy) is 1. The van der Waals surface area contributed by atoms with Crippen molar-refractivity contribution < 1.29 is 4.74 Å². The van der Waals surface area contributed by atoms with E-state index < -0.39 is 0 Å². The Morgan fingerprint density at radius 3 is 2.84 bits per heavy atom. The van der Waals surface area contributed by atoms with Crippen LogP contribution in [0, 0.1) is 11.3 Å². The Hall–Kier alpha value is -0.120. The molecule has 2 aliphatic rings. The summed E-state index contributed by atoms with van der Waals surface area (Å²) in [6, 6.07) is 0.569. The second-order valence-corrected chi connectivity index (χ2v) is 7.17. The van der Waals surface area contributed by atoms with Gasteiger partial charge in [0.2, 0.25) is 0 Å². The van der Waals surface area contributed by atoms with Crippen LogP contribution in [-0.4, -0.2) is 50.3 Å². The first-order valence-corrected chi connectivity index (χ1v) is 8.13. The fourth-order valence-corrected chi connectivity index (χ4v) is 3.56. The third kappa shape index (κ3) is 4.73. The summed E-state index contributed by atoms with van der Waals surface area (Å²) in [5, 5.41) is 3.65. The van der Waals surface area contributed by atoms with Crippen molar-refractivity contribution in [2.24, 2.45) is 11.3 Å². The molecule has 2 heterocycles. The number of likely N-dealkylation sites (tertiary alicyclic amines) is 1. The topological polar surface area (TPSA) is 24.5 Å². The van der Waals surface area contributed by atoms with E-state index in [-0.39, 0.29) is 0 Å². The Morgan fingerprint density at radius 1 is 1.37 bits per heavy atom. The van der Waals surface area contributed by atoms with Gasteiger partial charge in [-0.3, -0.25) is 0 Å². The summed E-state index contributed by atoms with van der Waals surface area (Å²) >= 11 is 0. The number of nitrogens with one attached hydrogen (secondary N) is 1. The lowest BCUT2D eigenvalue weighted by Gasteiger charge is -2.43. The van der Waals surface area contributed by atoms with Crippen LogP contribution >= 0.6 is 0 Å². The van der Waals surface area contributed by atoms with Gasteiger partial charge in [0.1, 0.15) is 0 Å². The predicted octanol–water partition coefficient (Wildman–Crippen LogP) is 2.51. The lowest BCUT2D eigenvalue weighted by atomic mass is 9.81. The van der Waals surface area contributed by atoms with E-state index in [1.807, 2.05) is 0 Å². The van der Waals surface area contributed by atoms with Crippen LogP contribution in [0.1, 0.15) is 46.5 Å². The molecule has 2 saturated heterocycles. The molecule has 0 aromatic heterocycles. The van der Waals surface area contributed by atoms with Gasteiger partial charge in [-0.2, -0.15) is 0 Å². The first-order chi connectivity index (χ1) is 9.10. The maximum atomic E-state index is 5.82. The molecule has 3 heteroatoms. The van der Waals surface area contributed by atoms with Crippen LogP contribution < -0.4 is 5.32 Å². The fraction of sp³-hybridized carbons (Fsp3) is 1.00. The minimum atomic E-state index is 0.347. The van der Waals surface area contributed by atoms with Gasteiger partial charge in [0.25, 0.3) is 0 Å². The molecule has 2 fully saturated rings. The highest BCUT2D eigenvalue weighted by Crippen LogP contribution is 2.31. The van der Waals surface area contributed by atoms with Gasteiger partial charge in [-0.05, 0) is 38.1 Å². The fourth-order valence-electron chi connectivity index (χ4n) is 3.56. The summed E-state index contributed by atoms with van der Waals surface area (Å²) in [5.41, 5.74) is 0.347. The van der Waals surface area contributed by atoms with Crippen molar-refractivity contribution in [1.82, 2.24) is 10.2 Å². The molecule has 0 aromatic rings. The van der Waals surface area contributed by atoms with Crippen LogP contribution in [0.25, 0.3) is 0 Å². The maximum absolute atomic E-state index is 5.82. The van der Waals surface area contributed by atoms with Gasteiger partial charge >= 0.3 is 0 Å². The molecule has 112 valence electrons. The minimum absolute atomic E-state index is 0.347. The number of nitrogens with zero attached hydrogens (tertiary/aromatic N) is 1. The van der Waals surface area contributed by atoms with E-state index in [9.17, 15) is 0 Å². The van der Waals surface area contributed by atoms with E-state index in [0.29, 0.717) is 11.5 Å². The van der Waals surface area contributed by atoms with E-state index in [1.165, 1.54) is 45.3 Å². The number of hydrogen-bond donors (Lipinski definition) is 1. The first-order valence-electron chi connectivity index (χ1n) is 8.13. The second kappa shape index (κ2) is 7.05. The van der Waals surface area contributed by atoms with Crippen LogP contribution in [0.15, 0.2) is 0 Å². The molecule has 2 atom stereocenters. The Bertz CT molecular complexity index is 261. The Balaban J connectivity index is 1.92. The van der Waals surface area contributed by atoms with Crippen LogP contribution in [0.5, 0.6) is 0 Å². The zero-order chi connectivity index (χ0) is 13.7. The Kier molecular flexibility index (Phi) is 5.67. The van der Waals surface area contributed by atoms with Gasteiger partial charge in [0.15, 0.2) is 0 Å². The maximum Gasteiger partial charge on any atom is 0.0546 e. The zero-order valence-corrected chi connectivity index (χ0v) is 13.1. The molecule has 19 heavy (non-hydrogen) atoms. The van der Waals surface area contributed by atoms with Gasteiger partial charge in [0, 0.05) is 37.7 Å². The van der Waals surface area contributed by atoms with E-state index in [1.54, 1.807) is 0 Å². The van der Waals surface area contributed by atoms with Gasteiger partial charge in [-0.25, -0.2) is 0 Å². The average Bonchev–Trinajstić information content (AvgIpc) is 2.38. The van der Waals surface area contributed by atoms with Crippen LogP contribution in [0.4, 0.5) is 0 Å². The van der Waals surface area contributed by atoms with Crippen molar-refractivity contribution in [2.75, 3.05) is 39.4 Å². The quantitative estimate of drug-likeness (QED) is 0.829. The van der Waals surface area contributed by atoms with Crippen LogP contribution in [-0.2, 0) is 4.74 Å². The summed E-state index contributed by atoms with van der Waals surface area (Å²) in [7, 11) is 0. The van der Waals surface area contributed by atoms with E-state index in [4.69, 9.17) is 4.74 Å². The highest BCUT2D eigenvalue weighted by molar-refractivity contribution is 4.89. The first kappa shape index (κ1) is 15.3. The van der Waals surface area contributed by atoms with Gasteiger partial charge in [0.05, 0.1) is 6.61 Å². The standard InChI is InChI=1S/C16H32N2O/c1-14(2)17-11-16(7-5-9-19-13-16)12-18-8-4-6-15(3)10-18/h14-15,17H,4-13H2,1-3H3. The molecule has 0 aliphatic carbocycles.